The molecule has 2 N–H and O–H groups in total. The number of hydrazine groups is 1. The molecular weight excluding hydrogens is 350 g/mol. The van der Waals surface area contributed by atoms with Crippen LogP contribution in [-0.2, 0) is 0 Å². The van der Waals surface area contributed by atoms with Gasteiger partial charge in [-0.2, -0.15) is 5.11 Å². The van der Waals surface area contributed by atoms with Crippen LogP contribution in [0.1, 0.15) is 9.61 Å². The molecule has 0 aliphatic carbocycles. The maximum Gasteiger partial charge on any atom is 0.149 e. The molecule has 0 aromatic heterocycles. The molecule has 0 aliphatic rings. The van der Waals surface area contributed by atoms with Crippen molar-refractivity contribution in [3.8, 4) is 0 Å². The molecule has 0 amide bonds. The first-order valence-electron chi connectivity index (χ1n) is 3.98. The SMILES string of the molecule is CN(N)N=NC(I)c1cc(Cl)cc(Cl)c1. The maximum atomic E-state index is 5.86. The van der Waals surface area contributed by atoms with Crippen molar-refractivity contribution in [3.63, 3.8) is 0 Å². The Labute approximate surface area is 112 Å². The molecule has 0 radical (unpaired) electrons. The average molecular weight is 359 g/mol. The second kappa shape index (κ2) is 5.83. The highest BCUT2D eigenvalue weighted by molar-refractivity contribution is 14.1. The molecule has 1 aromatic carbocycles. The molecule has 1 rings (SSSR count). The van der Waals surface area contributed by atoms with Crippen molar-refractivity contribution in [2.75, 3.05) is 7.05 Å². The number of nitrogens with zero attached hydrogens (tertiary/aromatic N) is 3. The third-order valence-corrected chi connectivity index (χ3v) is 2.86. The third kappa shape index (κ3) is 4.50. The molecule has 1 atom stereocenters. The van der Waals surface area contributed by atoms with Crippen LogP contribution in [0.4, 0.5) is 0 Å². The summed E-state index contributed by atoms with van der Waals surface area (Å²) in [7, 11) is 1.60. The van der Waals surface area contributed by atoms with Crippen LogP contribution in [0.5, 0.6) is 0 Å². The Bertz CT molecular complexity index is 349. The fraction of sp³-hybridized carbons (Fsp3) is 0.250. The summed E-state index contributed by atoms with van der Waals surface area (Å²) in [6.07, 6.45) is 0. The molecule has 0 spiro atoms. The Morgan fingerprint density at radius 2 is 1.87 bits per heavy atom. The molecule has 0 aliphatic heterocycles. The molecule has 0 heterocycles. The van der Waals surface area contributed by atoms with Crippen LogP contribution in [0.2, 0.25) is 10.0 Å². The minimum Gasteiger partial charge on any atom is -0.230 e. The van der Waals surface area contributed by atoms with Crippen molar-refractivity contribution < 1.29 is 0 Å². The van der Waals surface area contributed by atoms with Crippen molar-refractivity contribution in [2.24, 2.45) is 16.2 Å². The summed E-state index contributed by atoms with van der Waals surface area (Å²) in [5.41, 5.74) is 0.888. The Hall–Kier alpha value is -0.110. The molecule has 0 bridgehead atoms. The van der Waals surface area contributed by atoms with Crippen LogP contribution in [-0.4, -0.2) is 12.2 Å². The Kier molecular flexibility index (Phi) is 5.04. The topological polar surface area (TPSA) is 54.0 Å². The largest absolute Gasteiger partial charge is 0.230 e. The summed E-state index contributed by atoms with van der Waals surface area (Å²) in [6.45, 7) is 0. The van der Waals surface area contributed by atoms with Gasteiger partial charge in [-0.05, 0) is 46.4 Å². The Balaban J connectivity index is 2.86. The van der Waals surface area contributed by atoms with Gasteiger partial charge in [0.15, 0.2) is 0 Å². The lowest BCUT2D eigenvalue weighted by Gasteiger charge is -2.07. The third-order valence-electron chi connectivity index (χ3n) is 1.45. The highest BCUT2D eigenvalue weighted by Gasteiger charge is 2.07. The second-order valence-corrected chi connectivity index (χ2v) is 4.87. The van der Waals surface area contributed by atoms with E-state index in [-0.39, 0.29) is 4.05 Å². The number of hydrogen-bond acceptors (Lipinski definition) is 3. The average Bonchev–Trinajstić information content (AvgIpc) is 2.12. The molecule has 0 saturated carbocycles. The molecule has 1 unspecified atom stereocenters. The van der Waals surface area contributed by atoms with Crippen molar-refractivity contribution in [1.82, 2.24) is 5.12 Å². The molecule has 0 saturated heterocycles. The molecule has 82 valence electrons. The summed E-state index contributed by atoms with van der Waals surface area (Å²) in [5, 5.41) is 9.97. The maximum absolute atomic E-state index is 5.86. The molecule has 15 heavy (non-hydrogen) atoms. The highest BCUT2D eigenvalue weighted by Crippen LogP contribution is 2.30. The number of rotatable bonds is 3. The van der Waals surface area contributed by atoms with Crippen molar-refractivity contribution >= 4 is 45.8 Å². The van der Waals surface area contributed by atoms with E-state index >= 15 is 0 Å². The summed E-state index contributed by atoms with van der Waals surface area (Å²) in [4.78, 5) is 0. The van der Waals surface area contributed by atoms with Gasteiger partial charge in [-0.25, -0.2) is 11.0 Å². The van der Waals surface area contributed by atoms with Crippen molar-refractivity contribution in [3.05, 3.63) is 33.8 Å². The van der Waals surface area contributed by atoms with Gasteiger partial charge in [0.2, 0.25) is 0 Å². The van der Waals surface area contributed by atoms with E-state index in [1.807, 2.05) is 0 Å². The lowest BCUT2D eigenvalue weighted by molar-refractivity contribution is 0.339. The Morgan fingerprint density at radius 3 is 2.33 bits per heavy atom. The predicted molar refractivity (Wildman–Crippen MR) is 70.0 cm³/mol. The number of benzene rings is 1. The summed E-state index contributed by atoms with van der Waals surface area (Å²) >= 11 is 13.8. The standard InChI is InChI=1S/C8H9Cl2IN4/c1-15(12)14-13-8(11)5-2-6(9)4-7(10)3-5/h2-4,8H,12H2,1H3. The summed E-state index contributed by atoms with van der Waals surface area (Å²) in [5.74, 6) is 5.30. The van der Waals surface area contributed by atoms with E-state index in [0.717, 1.165) is 10.7 Å². The van der Waals surface area contributed by atoms with E-state index in [4.69, 9.17) is 29.0 Å². The second-order valence-electron chi connectivity index (χ2n) is 2.82. The first kappa shape index (κ1) is 13.0. The number of alkyl halides is 1. The van der Waals surface area contributed by atoms with Gasteiger partial charge in [-0.1, -0.05) is 28.4 Å². The number of hydrogen-bond donors (Lipinski definition) is 1. The first-order chi connectivity index (χ1) is 6.99. The van der Waals surface area contributed by atoms with Gasteiger partial charge in [0.05, 0.1) is 0 Å². The molecule has 1 aromatic rings. The smallest absolute Gasteiger partial charge is 0.149 e. The van der Waals surface area contributed by atoms with Crippen molar-refractivity contribution in [2.45, 2.75) is 4.05 Å². The van der Waals surface area contributed by atoms with Gasteiger partial charge < -0.3 is 0 Å². The normalized spacial score (nSPS) is 13.1. The monoisotopic (exact) mass is 358 g/mol. The zero-order valence-electron chi connectivity index (χ0n) is 7.86. The fourth-order valence-electron chi connectivity index (χ4n) is 0.906. The zero-order valence-corrected chi connectivity index (χ0v) is 11.5. The minimum absolute atomic E-state index is 0.162. The Morgan fingerprint density at radius 1 is 1.33 bits per heavy atom. The molecule has 7 heteroatoms. The van der Waals surface area contributed by atoms with Gasteiger partial charge in [0.25, 0.3) is 0 Å². The number of nitrogens with two attached hydrogens (primary N) is 1. The van der Waals surface area contributed by atoms with Crippen LogP contribution in [0.15, 0.2) is 28.5 Å². The van der Waals surface area contributed by atoms with Gasteiger partial charge in [-0.15, -0.1) is 0 Å². The summed E-state index contributed by atoms with van der Waals surface area (Å²) in [6, 6.07) is 5.25. The fourth-order valence-corrected chi connectivity index (χ4v) is 1.92. The minimum atomic E-state index is -0.162. The van der Waals surface area contributed by atoms with Crippen molar-refractivity contribution in [1.29, 1.82) is 0 Å². The lowest BCUT2D eigenvalue weighted by Crippen LogP contribution is -2.18. The molecule has 0 fully saturated rings. The van der Waals surface area contributed by atoms with Gasteiger partial charge >= 0.3 is 0 Å². The van der Waals surface area contributed by atoms with Crippen LogP contribution < -0.4 is 5.84 Å². The van der Waals surface area contributed by atoms with Gasteiger partial charge in [0.1, 0.15) is 4.05 Å². The first-order valence-corrected chi connectivity index (χ1v) is 5.98. The van der Waals surface area contributed by atoms with E-state index in [1.54, 1.807) is 25.2 Å². The van der Waals surface area contributed by atoms with E-state index in [2.05, 4.69) is 32.9 Å². The van der Waals surface area contributed by atoms with Crippen LogP contribution in [0, 0.1) is 0 Å². The van der Waals surface area contributed by atoms with Crippen LogP contribution in [0.3, 0.4) is 0 Å². The number of halogens is 3. The lowest BCUT2D eigenvalue weighted by atomic mass is 10.2. The summed E-state index contributed by atoms with van der Waals surface area (Å²) < 4.78 is -0.162. The molecular formula is C8H9Cl2IN4. The van der Waals surface area contributed by atoms with Crippen LogP contribution >= 0.6 is 45.8 Å². The quantitative estimate of drug-likeness (QED) is 0.224. The van der Waals surface area contributed by atoms with Gasteiger partial charge in [-0.3, -0.25) is 0 Å². The van der Waals surface area contributed by atoms with E-state index in [1.165, 1.54) is 0 Å². The van der Waals surface area contributed by atoms with E-state index in [9.17, 15) is 0 Å². The van der Waals surface area contributed by atoms with Gasteiger partial charge in [0, 0.05) is 17.1 Å². The van der Waals surface area contributed by atoms with E-state index < -0.39 is 0 Å². The molecule has 4 nitrogen and oxygen atoms in total. The highest BCUT2D eigenvalue weighted by atomic mass is 127. The van der Waals surface area contributed by atoms with E-state index in [0.29, 0.717) is 10.0 Å². The predicted octanol–water partition coefficient (Wildman–Crippen LogP) is 3.60. The van der Waals surface area contributed by atoms with Crippen LogP contribution in [0.25, 0.3) is 0 Å². The zero-order chi connectivity index (χ0) is 11.4.